The Morgan fingerprint density at radius 1 is 1.03 bits per heavy atom. The van der Waals surface area contributed by atoms with Crippen LogP contribution in [0.15, 0.2) is 42.5 Å². The van der Waals surface area contributed by atoms with Crippen LogP contribution in [0.1, 0.15) is 26.4 Å². The van der Waals surface area contributed by atoms with Gasteiger partial charge in [-0.05, 0) is 24.3 Å². The molecule has 0 bridgehead atoms. The largest absolute Gasteiger partial charge is 0.465 e. The van der Waals surface area contributed by atoms with Gasteiger partial charge in [0.2, 0.25) is 0 Å². The molecule has 6 nitrogen and oxygen atoms in total. The Kier molecular flexibility index (Phi) is 6.03. The molecule has 0 amide bonds. The Hall–Kier alpha value is -3.40. The van der Waals surface area contributed by atoms with Gasteiger partial charge < -0.3 is 9.47 Å². The minimum absolute atomic E-state index is 0.309. The highest BCUT2D eigenvalue weighted by molar-refractivity contribution is 6.31. The number of benzene rings is 2. The SMILES string of the molecule is COC(=O)c1c(-c2cc(Cl)c(F)c(C(F)(F)F)c2)nn(-c2ccccc2)c1C(=O)OC. The van der Waals surface area contributed by atoms with Crippen LogP contribution in [0.2, 0.25) is 5.02 Å². The van der Waals surface area contributed by atoms with E-state index in [-0.39, 0.29) is 17.0 Å². The van der Waals surface area contributed by atoms with Gasteiger partial charge >= 0.3 is 18.1 Å². The highest BCUT2D eigenvalue weighted by atomic mass is 35.5. The summed E-state index contributed by atoms with van der Waals surface area (Å²) >= 11 is 5.68. The molecule has 2 aromatic carbocycles. The van der Waals surface area contributed by atoms with Gasteiger partial charge in [0, 0.05) is 5.56 Å². The molecule has 11 heteroatoms. The molecule has 0 atom stereocenters. The summed E-state index contributed by atoms with van der Waals surface area (Å²) in [5, 5.41) is 3.31. The second kappa shape index (κ2) is 8.38. The van der Waals surface area contributed by atoms with Crippen LogP contribution < -0.4 is 0 Å². The molecule has 0 N–H and O–H groups in total. The molecule has 1 heterocycles. The molecule has 31 heavy (non-hydrogen) atoms. The Morgan fingerprint density at radius 3 is 2.19 bits per heavy atom. The summed E-state index contributed by atoms with van der Waals surface area (Å²) in [6.45, 7) is 0. The zero-order chi connectivity index (χ0) is 22.9. The zero-order valence-electron chi connectivity index (χ0n) is 16.0. The van der Waals surface area contributed by atoms with Crippen molar-refractivity contribution in [3.63, 3.8) is 0 Å². The van der Waals surface area contributed by atoms with Crippen molar-refractivity contribution in [2.24, 2.45) is 0 Å². The highest BCUT2D eigenvalue weighted by Gasteiger charge is 2.37. The molecular formula is C20H13ClF4N2O4. The first-order chi connectivity index (χ1) is 14.6. The van der Waals surface area contributed by atoms with E-state index in [9.17, 15) is 27.2 Å². The standard InChI is InChI=1S/C20H13ClF4N2O4/c1-30-18(28)14-16(10-8-12(20(23,24)25)15(22)13(21)9-10)26-27(17(14)19(29)31-2)11-6-4-3-5-7-11/h3-9H,1-2H3. The Bertz CT molecular complexity index is 1160. The van der Waals surface area contributed by atoms with Gasteiger partial charge in [-0.1, -0.05) is 29.8 Å². The van der Waals surface area contributed by atoms with E-state index in [1.807, 2.05) is 0 Å². The Labute approximate surface area is 177 Å². The quantitative estimate of drug-likeness (QED) is 0.411. The van der Waals surface area contributed by atoms with Gasteiger partial charge in [0.05, 0.1) is 30.5 Å². The van der Waals surface area contributed by atoms with Crippen LogP contribution in [0.4, 0.5) is 17.6 Å². The lowest BCUT2D eigenvalue weighted by Crippen LogP contribution is -2.15. The van der Waals surface area contributed by atoms with E-state index in [0.29, 0.717) is 11.8 Å². The lowest BCUT2D eigenvalue weighted by Gasteiger charge is -2.11. The first kappa shape index (κ1) is 22.3. The van der Waals surface area contributed by atoms with E-state index < -0.39 is 40.1 Å². The van der Waals surface area contributed by atoms with Gasteiger partial charge in [-0.3, -0.25) is 0 Å². The van der Waals surface area contributed by atoms with Crippen LogP contribution in [-0.4, -0.2) is 35.9 Å². The highest BCUT2D eigenvalue weighted by Crippen LogP contribution is 2.39. The first-order valence-electron chi connectivity index (χ1n) is 8.51. The fourth-order valence-corrected chi connectivity index (χ4v) is 3.11. The summed E-state index contributed by atoms with van der Waals surface area (Å²) in [4.78, 5) is 25.0. The van der Waals surface area contributed by atoms with Crippen LogP contribution in [0, 0.1) is 5.82 Å². The molecule has 3 aromatic rings. The molecule has 0 aliphatic carbocycles. The maximum atomic E-state index is 14.0. The molecular weight excluding hydrogens is 444 g/mol. The zero-order valence-corrected chi connectivity index (χ0v) is 16.7. The van der Waals surface area contributed by atoms with Crippen molar-refractivity contribution in [1.29, 1.82) is 0 Å². The molecule has 0 unspecified atom stereocenters. The Balaban J connectivity index is 2.41. The molecule has 0 saturated carbocycles. The van der Waals surface area contributed by atoms with Crippen LogP contribution in [-0.2, 0) is 15.7 Å². The number of alkyl halides is 3. The number of aromatic nitrogens is 2. The monoisotopic (exact) mass is 456 g/mol. The van der Waals surface area contributed by atoms with Crippen molar-refractivity contribution >= 4 is 23.5 Å². The van der Waals surface area contributed by atoms with Crippen LogP contribution in [0.5, 0.6) is 0 Å². The van der Waals surface area contributed by atoms with Crippen LogP contribution in [0.25, 0.3) is 16.9 Å². The first-order valence-corrected chi connectivity index (χ1v) is 8.89. The third-order valence-corrected chi connectivity index (χ3v) is 4.54. The minimum Gasteiger partial charge on any atom is -0.465 e. The lowest BCUT2D eigenvalue weighted by molar-refractivity contribution is -0.139. The van der Waals surface area contributed by atoms with E-state index in [1.165, 1.54) is 0 Å². The molecule has 162 valence electrons. The van der Waals surface area contributed by atoms with Gasteiger partial charge in [0.15, 0.2) is 11.5 Å². The van der Waals surface area contributed by atoms with E-state index in [2.05, 4.69) is 5.10 Å². The summed E-state index contributed by atoms with van der Waals surface area (Å²) in [5.41, 5.74) is -2.91. The van der Waals surface area contributed by atoms with Crippen molar-refractivity contribution in [3.05, 3.63) is 70.1 Å². The second-order valence-corrected chi connectivity index (χ2v) is 6.53. The number of nitrogens with zero attached hydrogens (tertiary/aromatic N) is 2. The fourth-order valence-electron chi connectivity index (χ4n) is 2.89. The molecule has 3 rings (SSSR count). The number of methoxy groups -OCH3 is 2. The second-order valence-electron chi connectivity index (χ2n) is 6.12. The average molecular weight is 457 g/mol. The van der Waals surface area contributed by atoms with E-state index >= 15 is 0 Å². The maximum Gasteiger partial charge on any atom is 0.419 e. The summed E-state index contributed by atoms with van der Waals surface area (Å²) in [6.07, 6.45) is -5.07. The lowest BCUT2D eigenvalue weighted by atomic mass is 10.0. The number of hydrogen-bond donors (Lipinski definition) is 0. The Morgan fingerprint density at radius 2 is 1.65 bits per heavy atom. The number of para-hydroxylation sites is 1. The summed E-state index contributed by atoms with van der Waals surface area (Å²) in [7, 11) is 2.08. The van der Waals surface area contributed by atoms with Gasteiger partial charge in [0.1, 0.15) is 11.3 Å². The molecule has 0 spiro atoms. The van der Waals surface area contributed by atoms with E-state index in [1.54, 1.807) is 30.3 Å². The third-order valence-electron chi connectivity index (χ3n) is 4.26. The predicted octanol–water partition coefficient (Wildman–Crippen LogP) is 4.92. The smallest absolute Gasteiger partial charge is 0.419 e. The molecule has 1 aromatic heterocycles. The normalized spacial score (nSPS) is 11.3. The van der Waals surface area contributed by atoms with Crippen molar-refractivity contribution in [1.82, 2.24) is 9.78 Å². The third kappa shape index (κ3) is 4.11. The number of rotatable bonds is 4. The number of esters is 2. The van der Waals surface area contributed by atoms with Gasteiger partial charge in [-0.25, -0.2) is 18.7 Å². The van der Waals surface area contributed by atoms with E-state index in [0.717, 1.165) is 25.0 Å². The summed E-state index contributed by atoms with van der Waals surface area (Å²) in [6, 6.07) is 9.33. The van der Waals surface area contributed by atoms with Gasteiger partial charge in [0.25, 0.3) is 0 Å². The van der Waals surface area contributed by atoms with Gasteiger partial charge in [-0.2, -0.15) is 18.3 Å². The van der Waals surface area contributed by atoms with Gasteiger partial charge in [-0.15, -0.1) is 0 Å². The maximum absolute atomic E-state index is 14.0. The van der Waals surface area contributed by atoms with Crippen LogP contribution in [0.3, 0.4) is 0 Å². The van der Waals surface area contributed by atoms with Crippen molar-refractivity contribution in [2.75, 3.05) is 14.2 Å². The minimum atomic E-state index is -5.07. The molecule has 0 radical (unpaired) electrons. The fraction of sp³-hybridized carbons (Fsp3) is 0.150. The average Bonchev–Trinajstić information content (AvgIpc) is 3.14. The molecule has 0 aliphatic rings. The van der Waals surface area contributed by atoms with Crippen molar-refractivity contribution in [3.8, 4) is 16.9 Å². The number of hydrogen-bond acceptors (Lipinski definition) is 5. The number of carbonyl (C=O) groups excluding carboxylic acids is 2. The number of carbonyl (C=O) groups is 2. The molecule has 0 fully saturated rings. The summed E-state index contributed by atoms with van der Waals surface area (Å²) < 4.78 is 64.3. The topological polar surface area (TPSA) is 70.4 Å². The van der Waals surface area contributed by atoms with E-state index in [4.69, 9.17) is 21.1 Å². The predicted molar refractivity (Wildman–Crippen MR) is 102 cm³/mol. The molecule has 0 aliphatic heterocycles. The summed E-state index contributed by atoms with van der Waals surface area (Å²) in [5.74, 6) is -3.73. The van der Waals surface area contributed by atoms with Crippen molar-refractivity contribution in [2.45, 2.75) is 6.18 Å². The molecule has 0 saturated heterocycles. The number of ether oxygens (including phenoxy) is 2. The van der Waals surface area contributed by atoms with Crippen molar-refractivity contribution < 1.29 is 36.6 Å². The van der Waals surface area contributed by atoms with Crippen LogP contribution >= 0.6 is 11.6 Å². The number of halogens is 5.